The maximum Gasteiger partial charge on any atom is 0.306 e. The molecule has 2 N–H and O–H groups in total. The molecule has 0 aliphatic carbocycles. The number of hydrogen-bond donors (Lipinski definition) is 2. The number of rotatable bonds is 10. The van der Waals surface area contributed by atoms with E-state index in [0.717, 1.165) is 22.3 Å². The summed E-state index contributed by atoms with van der Waals surface area (Å²) in [7, 11) is 0. The second-order valence-corrected chi connectivity index (χ2v) is 18.1. The molecule has 2 fully saturated rings. The smallest absolute Gasteiger partial charge is 0.306 e. The molecule has 4 aromatic carbocycles. The molecule has 0 unspecified atom stereocenters. The van der Waals surface area contributed by atoms with Gasteiger partial charge in [0.05, 0.1) is 45.1 Å². The molecule has 4 heterocycles. The maximum absolute atomic E-state index is 13.4. The fourth-order valence-electron chi connectivity index (χ4n) is 8.08. The number of benzene rings is 4. The number of hydrogen-bond acceptors (Lipinski definition) is 9. The van der Waals surface area contributed by atoms with Crippen molar-refractivity contribution in [3.63, 3.8) is 0 Å². The highest BCUT2D eigenvalue weighted by atomic mass is 35.5. The predicted molar refractivity (Wildman–Crippen MR) is 240 cm³/mol. The predicted octanol–water partition coefficient (Wildman–Crippen LogP) is 10.2. The van der Waals surface area contributed by atoms with E-state index in [9.17, 15) is 29.4 Å². The van der Waals surface area contributed by atoms with Crippen molar-refractivity contribution in [2.24, 2.45) is 11.8 Å². The largest absolute Gasteiger partial charge is 0.481 e. The number of carboxylic acids is 2. The zero-order valence-electron chi connectivity index (χ0n) is 33.5. The standard InChI is InChI=1S/C46H40Cl4N2O10S/c47-41-31(3-7-39(53)51-15-9-25(10-16-51)45(55)56)33(27-1-5-35-29(21-27)13-19-59-61-35)23-37(43(41)49)63-38-24-34(28-2-6-36-30(22-28)14-20-60-62-36)32(42(48)44(38)50)4-8-40(54)52-17-11-26(12-18-52)46(57)58/h1-8,21-26H,9-20H2,(H,55,56)(H,57,58)/b7-3+,8-4+. The average molecular weight is 955 g/mol. The Balaban J connectivity index is 1.17. The van der Waals surface area contributed by atoms with Gasteiger partial charge in [-0.2, -0.15) is 9.78 Å². The molecule has 0 bridgehead atoms. The van der Waals surface area contributed by atoms with Crippen LogP contribution in [0, 0.1) is 11.8 Å². The van der Waals surface area contributed by atoms with Gasteiger partial charge < -0.3 is 29.8 Å². The molecule has 0 aromatic heterocycles. The highest BCUT2D eigenvalue weighted by Crippen LogP contribution is 2.49. The van der Waals surface area contributed by atoms with Crippen LogP contribution in [0.5, 0.6) is 11.5 Å². The number of fused-ring (bicyclic) bond motifs is 2. The van der Waals surface area contributed by atoms with Crippen LogP contribution in [0.2, 0.25) is 20.1 Å². The minimum atomic E-state index is -0.861. The van der Waals surface area contributed by atoms with E-state index in [2.05, 4.69) is 0 Å². The Morgan fingerprint density at radius 2 is 0.984 bits per heavy atom. The fraction of sp³-hybridized carbons (Fsp3) is 0.304. The Morgan fingerprint density at radius 1 is 0.587 bits per heavy atom. The minimum absolute atomic E-state index is 0.187. The number of halogens is 4. The van der Waals surface area contributed by atoms with E-state index in [1.165, 1.54) is 23.9 Å². The van der Waals surface area contributed by atoms with Crippen LogP contribution < -0.4 is 9.78 Å². The van der Waals surface area contributed by atoms with Crippen LogP contribution in [0.1, 0.15) is 47.9 Å². The summed E-state index contributed by atoms with van der Waals surface area (Å²) >= 11 is 29.8. The van der Waals surface area contributed by atoms with Gasteiger partial charge in [-0.3, -0.25) is 19.2 Å². The summed E-state index contributed by atoms with van der Waals surface area (Å²) in [6.07, 6.45) is 8.81. The van der Waals surface area contributed by atoms with Crippen LogP contribution in [-0.2, 0) is 41.8 Å². The Morgan fingerprint density at radius 3 is 1.37 bits per heavy atom. The summed E-state index contributed by atoms with van der Waals surface area (Å²) in [6.45, 7) is 2.03. The summed E-state index contributed by atoms with van der Waals surface area (Å²) in [5.41, 5.74) is 5.71. The SMILES string of the molecule is O=C(O)C1CCN(C(=O)/C=C/c2c(-c3ccc4c(c3)CCOO4)cc(Sc3cc(-c4ccc5c(c4)CCOO5)c(/C=C/C(=O)N4CCC(C(=O)O)CC4)c(Cl)c3Cl)c(Cl)c2Cl)CC1. The molecule has 4 aliphatic heterocycles. The van der Waals surface area contributed by atoms with Crippen molar-refractivity contribution < 1.29 is 48.9 Å². The summed E-state index contributed by atoms with van der Waals surface area (Å²) in [5.74, 6) is -2.07. The first-order valence-electron chi connectivity index (χ1n) is 20.3. The lowest BCUT2D eigenvalue weighted by Crippen LogP contribution is -2.39. The van der Waals surface area contributed by atoms with Crippen molar-refractivity contribution in [3.8, 4) is 33.8 Å². The van der Waals surface area contributed by atoms with Gasteiger partial charge in [0.1, 0.15) is 0 Å². The Bertz CT molecular complexity index is 2380. The number of amides is 2. The lowest BCUT2D eigenvalue weighted by atomic mass is 9.95. The molecule has 17 heteroatoms. The van der Waals surface area contributed by atoms with Crippen molar-refractivity contribution in [2.45, 2.75) is 48.3 Å². The third kappa shape index (κ3) is 9.85. The van der Waals surface area contributed by atoms with Gasteiger partial charge >= 0.3 is 11.9 Å². The first kappa shape index (κ1) is 44.9. The normalized spacial score (nSPS) is 17.0. The van der Waals surface area contributed by atoms with Crippen LogP contribution in [0.15, 0.2) is 70.5 Å². The number of carboxylic acid groups (broad SMARTS) is 2. The number of aliphatic carboxylic acids is 2. The number of likely N-dealkylation sites (tertiary alicyclic amines) is 2. The molecule has 328 valence electrons. The molecule has 4 aliphatic rings. The molecule has 0 radical (unpaired) electrons. The Kier molecular flexibility index (Phi) is 13.9. The lowest BCUT2D eigenvalue weighted by molar-refractivity contribution is -0.215. The molecule has 2 saturated heterocycles. The van der Waals surface area contributed by atoms with E-state index in [-0.39, 0.29) is 31.9 Å². The molecule has 0 atom stereocenters. The molecule has 63 heavy (non-hydrogen) atoms. The van der Waals surface area contributed by atoms with E-state index in [1.54, 1.807) is 34.1 Å². The van der Waals surface area contributed by atoms with Gasteiger partial charge in [-0.05, 0) is 96.5 Å². The van der Waals surface area contributed by atoms with Gasteiger partial charge in [0, 0.05) is 83.2 Å². The highest BCUT2D eigenvalue weighted by Gasteiger charge is 2.29. The summed E-state index contributed by atoms with van der Waals surface area (Å²) in [6, 6.07) is 15.0. The second-order valence-electron chi connectivity index (χ2n) is 15.5. The van der Waals surface area contributed by atoms with E-state index in [0.29, 0.717) is 121 Å². The maximum atomic E-state index is 13.4. The van der Waals surface area contributed by atoms with Crippen LogP contribution in [-0.4, -0.2) is 83.2 Å². The van der Waals surface area contributed by atoms with E-state index in [1.807, 2.05) is 36.4 Å². The lowest BCUT2D eigenvalue weighted by Gasteiger charge is -2.29. The van der Waals surface area contributed by atoms with E-state index < -0.39 is 23.8 Å². The first-order valence-corrected chi connectivity index (χ1v) is 22.7. The van der Waals surface area contributed by atoms with Gasteiger partial charge in [0.25, 0.3) is 0 Å². The van der Waals surface area contributed by atoms with Gasteiger partial charge in [0.2, 0.25) is 11.8 Å². The van der Waals surface area contributed by atoms with Crippen molar-refractivity contribution in [3.05, 3.63) is 103 Å². The minimum Gasteiger partial charge on any atom is -0.481 e. The van der Waals surface area contributed by atoms with Crippen LogP contribution in [0.25, 0.3) is 34.4 Å². The fourth-order valence-corrected chi connectivity index (χ4v) is 10.2. The topological polar surface area (TPSA) is 152 Å². The van der Waals surface area contributed by atoms with Crippen LogP contribution in [0.3, 0.4) is 0 Å². The zero-order chi connectivity index (χ0) is 44.4. The van der Waals surface area contributed by atoms with Gasteiger partial charge in [-0.1, -0.05) is 70.3 Å². The molecular formula is C46H40Cl4N2O10S. The van der Waals surface area contributed by atoms with Gasteiger partial charge in [-0.15, -0.1) is 0 Å². The number of carbonyl (C=O) groups excluding carboxylic acids is 2. The zero-order valence-corrected chi connectivity index (χ0v) is 37.4. The molecule has 0 spiro atoms. The average Bonchev–Trinajstić information content (AvgIpc) is 3.30. The third-order valence-electron chi connectivity index (χ3n) is 11.7. The molecular weight excluding hydrogens is 914 g/mol. The van der Waals surface area contributed by atoms with Crippen molar-refractivity contribution in [1.82, 2.24) is 9.80 Å². The first-order chi connectivity index (χ1) is 30.4. The highest BCUT2D eigenvalue weighted by molar-refractivity contribution is 7.99. The molecule has 12 nitrogen and oxygen atoms in total. The summed E-state index contributed by atoms with van der Waals surface area (Å²) < 4.78 is 0. The number of piperidine rings is 2. The van der Waals surface area contributed by atoms with Gasteiger partial charge in [-0.25, -0.2) is 0 Å². The van der Waals surface area contributed by atoms with Crippen molar-refractivity contribution in [1.29, 1.82) is 0 Å². The van der Waals surface area contributed by atoms with E-state index >= 15 is 0 Å². The van der Waals surface area contributed by atoms with Crippen molar-refractivity contribution in [2.75, 3.05) is 39.4 Å². The molecule has 0 saturated carbocycles. The quantitative estimate of drug-likeness (QED) is 0.115. The summed E-state index contributed by atoms with van der Waals surface area (Å²) in [5, 5.41) is 19.7. The number of nitrogens with zero attached hydrogens (tertiary/aromatic N) is 2. The molecule has 2 amide bonds. The molecule has 8 rings (SSSR count). The molecule has 4 aromatic rings. The van der Waals surface area contributed by atoms with Crippen LogP contribution >= 0.6 is 58.2 Å². The Hall–Kier alpha value is -4.73. The second kappa shape index (κ2) is 19.6. The monoisotopic (exact) mass is 952 g/mol. The van der Waals surface area contributed by atoms with E-state index in [4.69, 9.17) is 66.0 Å². The Labute approximate surface area is 387 Å². The van der Waals surface area contributed by atoms with Crippen LogP contribution in [0.4, 0.5) is 0 Å². The third-order valence-corrected chi connectivity index (χ3v) is 14.8. The van der Waals surface area contributed by atoms with Gasteiger partial charge in [0.15, 0.2) is 11.5 Å². The van der Waals surface area contributed by atoms with Crippen molar-refractivity contribution >= 4 is 94.1 Å². The summed E-state index contributed by atoms with van der Waals surface area (Å²) in [4.78, 5) is 75.3. The number of carbonyl (C=O) groups is 4.